The Hall–Kier alpha value is -1.89. The van der Waals surface area contributed by atoms with E-state index in [1.165, 1.54) is 13.3 Å². The number of nitrogens with zero attached hydrogens (tertiary/aromatic N) is 1. The third-order valence-corrected chi connectivity index (χ3v) is 2.85. The number of nitrogens with one attached hydrogen (secondary N) is 1. The zero-order valence-corrected chi connectivity index (χ0v) is 10.4. The van der Waals surface area contributed by atoms with Crippen LogP contribution in [0.5, 0.6) is 5.75 Å². The first-order chi connectivity index (χ1) is 8.84. The van der Waals surface area contributed by atoms with Crippen LogP contribution in [0.25, 0.3) is 11.1 Å². The molecule has 1 aromatic carbocycles. The average Bonchev–Trinajstić information content (AvgIpc) is 2.73. The minimum absolute atomic E-state index is 0.0340. The molecule has 1 aromatic heterocycles. The summed E-state index contributed by atoms with van der Waals surface area (Å²) in [5.41, 5.74) is 4.65. The van der Waals surface area contributed by atoms with Crippen molar-refractivity contribution >= 4 is 17.4 Å². The molecule has 0 saturated carbocycles. The van der Waals surface area contributed by atoms with E-state index in [9.17, 15) is 13.2 Å². The van der Waals surface area contributed by atoms with Crippen molar-refractivity contribution in [1.82, 2.24) is 10.2 Å². The summed E-state index contributed by atoms with van der Waals surface area (Å²) < 4.78 is 43.9. The van der Waals surface area contributed by atoms with Gasteiger partial charge in [0.1, 0.15) is 11.6 Å². The third-order valence-electron chi connectivity index (χ3n) is 2.56. The number of benzene rings is 1. The van der Waals surface area contributed by atoms with Crippen molar-refractivity contribution in [2.75, 3.05) is 12.8 Å². The van der Waals surface area contributed by atoms with E-state index in [1.807, 2.05) is 0 Å². The predicted octanol–water partition coefficient (Wildman–Crippen LogP) is 3.34. The highest BCUT2D eigenvalue weighted by atomic mass is 35.5. The Balaban J connectivity index is 2.73. The summed E-state index contributed by atoms with van der Waals surface area (Å²) in [4.78, 5) is 0. The number of H-pyrrole nitrogens is 1. The van der Waals surface area contributed by atoms with Gasteiger partial charge in [0.2, 0.25) is 0 Å². The molecule has 8 heteroatoms. The van der Waals surface area contributed by atoms with Crippen molar-refractivity contribution in [2.45, 2.75) is 6.18 Å². The summed E-state index contributed by atoms with van der Waals surface area (Å²) in [6.07, 6.45) is -3.35. The normalized spacial score (nSPS) is 11.6. The van der Waals surface area contributed by atoms with Gasteiger partial charge in [0.05, 0.1) is 23.9 Å². The smallest absolute Gasteiger partial charge is 0.417 e. The molecule has 2 rings (SSSR count). The van der Waals surface area contributed by atoms with Gasteiger partial charge >= 0.3 is 6.18 Å². The number of ether oxygens (including phenoxy) is 1. The molecule has 2 aromatic rings. The highest BCUT2D eigenvalue weighted by molar-refractivity contribution is 6.32. The SMILES string of the molecule is COc1cc(C(F)(F)F)c(-c2cn[nH]c2N)cc1Cl. The molecule has 4 nitrogen and oxygen atoms in total. The molecular weight excluding hydrogens is 283 g/mol. The average molecular weight is 292 g/mol. The maximum Gasteiger partial charge on any atom is 0.417 e. The van der Waals surface area contributed by atoms with Gasteiger partial charge in [-0.15, -0.1) is 0 Å². The molecule has 0 spiro atoms. The lowest BCUT2D eigenvalue weighted by atomic mass is 10.0. The van der Waals surface area contributed by atoms with E-state index in [0.717, 1.165) is 12.1 Å². The zero-order valence-electron chi connectivity index (χ0n) is 9.68. The second-order valence-electron chi connectivity index (χ2n) is 3.73. The lowest BCUT2D eigenvalue weighted by Crippen LogP contribution is -2.08. The summed E-state index contributed by atoms with van der Waals surface area (Å²) in [6.45, 7) is 0. The molecule has 0 amide bonds. The number of aromatic amines is 1. The highest BCUT2D eigenvalue weighted by Crippen LogP contribution is 2.43. The summed E-state index contributed by atoms with van der Waals surface area (Å²) in [5, 5.41) is 6.04. The number of hydrogen-bond donors (Lipinski definition) is 2. The van der Waals surface area contributed by atoms with Crippen LogP contribution in [0.2, 0.25) is 5.02 Å². The van der Waals surface area contributed by atoms with Crippen LogP contribution in [0.15, 0.2) is 18.3 Å². The van der Waals surface area contributed by atoms with E-state index in [2.05, 4.69) is 10.2 Å². The first-order valence-electron chi connectivity index (χ1n) is 5.08. The Labute approximate surface area is 111 Å². The van der Waals surface area contributed by atoms with Crippen LogP contribution >= 0.6 is 11.6 Å². The highest BCUT2D eigenvalue weighted by Gasteiger charge is 2.35. The molecule has 0 saturated heterocycles. The number of methoxy groups -OCH3 is 1. The Morgan fingerprint density at radius 1 is 1.32 bits per heavy atom. The van der Waals surface area contributed by atoms with Crippen molar-refractivity contribution in [1.29, 1.82) is 0 Å². The van der Waals surface area contributed by atoms with Gasteiger partial charge < -0.3 is 10.5 Å². The Kier molecular flexibility index (Phi) is 3.32. The summed E-state index contributed by atoms with van der Waals surface area (Å²) in [5.74, 6) is -0.0217. The van der Waals surface area contributed by atoms with Crippen LogP contribution in [0.3, 0.4) is 0 Å². The Morgan fingerprint density at radius 3 is 2.47 bits per heavy atom. The number of hydrogen-bond acceptors (Lipinski definition) is 3. The van der Waals surface area contributed by atoms with Crippen molar-refractivity contribution in [3.8, 4) is 16.9 Å². The third kappa shape index (κ3) is 2.46. The second kappa shape index (κ2) is 4.65. The van der Waals surface area contributed by atoms with E-state index in [1.54, 1.807) is 0 Å². The first kappa shape index (κ1) is 13.5. The number of rotatable bonds is 2. The number of nitrogen functional groups attached to an aromatic ring is 1. The van der Waals surface area contributed by atoms with Crippen LogP contribution in [0, 0.1) is 0 Å². The van der Waals surface area contributed by atoms with E-state index in [4.69, 9.17) is 22.1 Å². The Bertz CT molecular complexity index is 610. The van der Waals surface area contributed by atoms with Gasteiger partial charge in [0, 0.05) is 11.1 Å². The van der Waals surface area contributed by atoms with Gasteiger partial charge in [0.25, 0.3) is 0 Å². The zero-order chi connectivity index (χ0) is 14.2. The minimum Gasteiger partial charge on any atom is -0.495 e. The topological polar surface area (TPSA) is 63.9 Å². The van der Waals surface area contributed by atoms with Crippen LogP contribution < -0.4 is 10.5 Å². The molecule has 0 atom stereocenters. The van der Waals surface area contributed by atoms with Crippen LogP contribution in [-0.4, -0.2) is 17.3 Å². The second-order valence-corrected chi connectivity index (χ2v) is 4.13. The monoisotopic (exact) mass is 291 g/mol. The predicted molar refractivity (Wildman–Crippen MR) is 65.0 cm³/mol. The van der Waals surface area contributed by atoms with Gasteiger partial charge in [-0.2, -0.15) is 18.3 Å². The molecule has 0 aliphatic carbocycles. The summed E-state index contributed by atoms with van der Waals surface area (Å²) in [7, 11) is 1.24. The minimum atomic E-state index is -4.56. The largest absolute Gasteiger partial charge is 0.495 e. The van der Waals surface area contributed by atoms with Gasteiger partial charge in [-0.05, 0) is 12.1 Å². The molecular formula is C11H9ClF3N3O. The van der Waals surface area contributed by atoms with Crippen molar-refractivity contribution in [3.63, 3.8) is 0 Å². The fraction of sp³-hybridized carbons (Fsp3) is 0.182. The first-order valence-corrected chi connectivity index (χ1v) is 5.46. The number of halogens is 4. The lowest BCUT2D eigenvalue weighted by molar-refractivity contribution is -0.137. The molecule has 0 unspecified atom stereocenters. The van der Waals surface area contributed by atoms with E-state index in [0.29, 0.717) is 0 Å². The quantitative estimate of drug-likeness (QED) is 0.892. The molecule has 0 aliphatic heterocycles. The van der Waals surface area contributed by atoms with Gasteiger partial charge in [-0.1, -0.05) is 11.6 Å². The molecule has 0 radical (unpaired) electrons. The van der Waals surface area contributed by atoms with Gasteiger partial charge in [-0.3, -0.25) is 5.10 Å². The standard InChI is InChI=1S/C11H9ClF3N3O/c1-19-9-3-7(11(13,14)15)5(2-8(9)12)6-4-17-18-10(6)16/h2-4H,1H3,(H3,16,17,18). The van der Waals surface area contributed by atoms with E-state index >= 15 is 0 Å². The lowest BCUT2D eigenvalue weighted by Gasteiger charge is -2.15. The van der Waals surface area contributed by atoms with Crippen molar-refractivity contribution < 1.29 is 17.9 Å². The molecule has 102 valence electrons. The summed E-state index contributed by atoms with van der Waals surface area (Å²) >= 11 is 5.86. The molecule has 19 heavy (non-hydrogen) atoms. The van der Waals surface area contributed by atoms with Crippen molar-refractivity contribution in [2.24, 2.45) is 0 Å². The molecule has 3 N–H and O–H groups in total. The fourth-order valence-corrected chi connectivity index (χ4v) is 1.92. The number of aromatic nitrogens is 2. The number of nitrogens with two attached hydrogens (primary N) is 1. The summed E-state index contributed by atoms with van der Waals surface area (Å²) in [6, 6.07) is 1.99. The molecule has 0 bridgehead atoms. The van der Waals surface area contributed by atoms with E-state index < -0.39 is 11.7 Å². The fourth-order valence-electron chi connectivity index (χ4n) is 1.68. The van der Waals surface area contributed by atoms with Crippen LogP contribution in [0.1, 0.15) is 5.56 Å². The Morgan fingerprint density at radius 2 is 2.00 bits per heavy atom. The molecule has 1 heterocycles. The van der Waals surface area contributed by atoms with Gasteiger partial charge in [-0.25, -0.2) is 0 Å². The maximum atomic E-state index is 13.0. The van der Waals surface area contributed by atoms with Crippen LogP contribution in [0.4, 0.5) is 19.0 Å². The number of anilines is 1. The van der Waals surface area contributed by atoms with E-state index in [-0.39, 0.29) is 27.7 Å². The number of alkyl halides is 3. The van der Waals surface area contributed by atoms with Crippen LogP contribution in [-0.2, 0) is 6.18 Å². The van der Waals surface area contributed by atoms with Gasteiger partial charge in [0.15, 0.2) is 0 Å². The maximum absolute atomic E-state index is 13.0. The molecule has 0 aliphatic rings. The van der Waals surface area contributed by atoms with Crippen molar-refractivity contribution in [3.05, 3.63) is 28.9 Å². The molecule has 0 fully saturated rings.